The Labute approximate surface area is 84.3 Å². The van der Waals surface area contributed by atoms with E-state index in [9.17, 15) is 18.0 Å². The highest BCUT2D eigenvalue weighted by molar-refractivity contribution is 6.14. The predicted molar refractivity (Wildman–Crippen MR) is 44.6 cm³/mol. The van der Waals surface area contributed by atoms with Crippen LogP contribution in [0.2, 0.25) is 0 Å². The van der Waals surface area contributed by atoms with Crippen LogP contribution in [0, 0.1) is 0 Å². The van der Waals surface area contributed by atoms with Crippen LogP contribution in [0.5, 0.6) is 0 Å². The highest BCUT2D eigenvalue weighted by atomic mass is 35.5. The lowest BCUT2D eigenvalue weighted by Crippen LogP contribution is -2.49. The van der Waals surface area contributed by atoms with Gasteiger partial charge in [-0.25, -0.2) is 4.42 Å². The maximum absolute atomic E-state index is 12.3. The van der Waals surface area contributed by atoms with Gasteiger partial charge in [0.2, 0.25) is 5.91 Å². The monoisotopic (exact) mass is 230 g/mol. The molecule has 1 amide bonds. The van der Waals surface area contributed by atoms with Crippen molar-refractivity contribution in [1.29, 1.82) is 0 Å². The molecule has 1 aliphatic rings. The highest BCUT2D eigenvalue weighted by Gasteiger charge is 2.64. The summed E-state index contributed by atoms with van der Waals surface area (Å²) < 4.78 is 38.0. The lowest BCUT2D eigenvalue weighted by Gasteiger charge is -2.21. The Kier molecular flexibility index (Phi) is 2.96. The molecule has 0 saturated heterocycles. The minimum Gasteiger partial charge on any atom is -0.341 e. The van der Waals surface area contributed by atoms with Crippen molar-refractivity contribution in [3.05, 3.63) is 0 Å². The molecule has 1 N–H and O–H groups in total. The van der Waals surface area contributed by atoms with Crippen LogP contribution < -0.4 is 5.32 Å². The van der Waals surface area contributed by atoms with Crippen molar-refractivity contribution < 1.29 is 18.0 Å². The zero-order valence-electron chi connectivity index (χ0n) is 7.49. The molecule has 0 aromatic heterocycles. The van der Waals surface area contributed by atoms with Crippen molar-refractivity contribution in [2.45, 2.75) is 24.6 Å². The largest absolute Gasteiger partial charge is 0.411 e. The Morgan fingerprint density at radius 2 is 2.07 bits per heavy atom. The molecule has 14 heavy (non-hydrogen) atoms. The molecule has 0 bridgehead atoms. The number of rotatable bonds is 3. The van der Waals surface area contributed by atoms with Crippen LogP contribution in [-0.4, -0.2) is 35.6 Å². The molecule has 0 atom stereocenters. The number of hydrogen-bond donors (Lipinski definition) is 1. The molecular weight excluding hydrogens is 221 g/mol. The summed E-state index contributed by atoms with van der Waals surface area (Å²) in [5.41, 5.74) is -1.99. The first-order chi connectivity index (χ1) is 6.27. The number of alkyl halides is 3. The molecule has 7 heteroatoms. The number of nitrogens with one attached hydrogen (secondary N) is 1. The molecule has 82 valence electrons. The van der Waals surface area contributed by atoms with Gasteiger partial charge in [0.15, 0.2) is 0 Å². The molecule has 1 aliphatic carbocycles. The standard InChI is InChI=1S/C7H10ClF3N2O/c1-13(8)4-5(14)12-6(2-3-6)7(9,10)11/h2-4H2,1H3,(H,12,14). The van der Waals surface area contributed by atoms with Gasteiger partial charge >= 0.3 is 6.18 Å². The van der Waals surface area contributed by atoms with E-state index in [4.69, 9.17) is 11.8 Å². The minimum atomic E-state index is -4.37. The summed E-state index contributed by atoms with van der Waals surface area (Å²) in [4.78, 5) is 11.0. The van der Waals surface area contributed by atoms with Crippen molar-refractivity contribution in [2.75, 3.05) is 13.6 Å². The molecule has 0 unspecified atom stereocenters. The van der Waals surface area contributed by atoms with E-state index in [1.54, 1.807) is 0 Å². The Morgan fingerprint density at radius 1 is 1.57 bits per heavy atom. The summed E-state index contributed by atoms with van der Waals surface area (Å²) in [5.74, 6) is -0.711. The molecule has 0 spiro atoms. The number of halogens is 4. The summed E-state index contributed by atoms with van der Waals surface area (Å²) in [6.45, 7) is -0.251. The van der Waals surface area contributed by atoms with Gasteiger partial charge in [-0.05, 0) is 24.6 Å². The molecular formula is C7H10ClF3N2O. The van der Waals surface area contributed by atoms with Crippen molar-refractivity contribution in [3.8, 4) is 0 Å². The summed E-state index contributed by atoms with van der Waals surface area (Å²) >= 11 is 5.33. The second-order valence-electron chi connectivity index (χ2n) is 3.39. The molecule has 1 fully saturated rings. The molecule has 1 rings (SSSR count). The molecule has 3 nitrogen and oxygen atoms in total. The van der Waals surface area contributed by atoms with Gasteiger partial charge < -0.3 is 5.32 Å². The second kappa shape index (κ2) is 3.58. The van der Waals surface area contributed by atoms with Crippen molar-refractivity contribution in [3.63, 3.8) is 0 Å². The first-order valence-corrected chi connectivity index (χ1v) is 4.35. The third kappa shape index (κ3) is 2.51. The Morgan fingerprint density at radius 3 is 2.36 bits per heavy atom. The maximum atomic E-state index is 12.3. The highest BCUT2D eigenvalue weighted by Crippen LogP contribution is 2.48. The summed E-state index contributed by atoms with van der Waals surface area (Å²) in [7, 11) is 1.40. The van der Waals surface area contributed by atoms with Crippen molar-refractivity contribution >= 4 is 17.7 Å². The van der Waals surface area contributed by atoms with Gasteiger partial charge in [-0.1, -0.05) is 0 Å². The van der Waals surface area contributed by atoms with E-state index in [1.807, 2.05) is 5.32 Å². The molecule has 0 heterocycles. The molecule has 0 aromatic rings. The van der Waals surface area contributed by atoms with E-state index < -0.39 is 17.6 Å². The van der Waals surface area contributed by atoms with Gasteiger partial charge in [-0.15, -0.1) is 0 Å². The fraction of sp³-hybridized carbons (Fsp3) is 0.857. The average molecular weight is 231 g/mol. The normalized spacial score (nSPS) is 19.6. The molecule has 0 aliphatic heterocycles. The number of amides is 1. The fourth-order valence-electron chi connectivity index (χ4n) is 1.11. The van der Waals surface area contributed by atoms with E-state index in [-0.39, 0.29) is 19.4 Å². The first-order valence-electron chi connectivity index (χ1n) is 4.01. The van der Waals surface area contributed by atoms with Crippen LogP contribution in [0.3, 0.4) is 0 Å². The number of carbonyl (C=O) groups excluding carboxylic acids is 1. The van der Waals surface area contributed by atoms with E-state index in [0.717, 1.165) is 4.42 Å². The van der Waals surface area contributed by atoms with Crippen LogP contribution in [-0.2, 0) is 4.79 Å². The number of carbonyl (C=O) groups is 1. The quantitative estimate of drug-likeness (QED) is 0.741. The van der Waals surface area contributed by atoms with Crippen LogP contribution >= 0.6 is 11.8 Å². The van der Waals surface area contributed by atoms with Gasteiger partial charge in [0.1, 0.15) is 5.54 Å². The summed E-state index contributed by atoms with van der Waals surface area (Å²) in [5, 5.41) is 1.95. The van der Waals surface area contributed by atoms with Gasteiger partial charge in [0.05, 0.1) is 6.54 Å². The zero-order valence-corrected chi connectivity index (χ0v) is 8.24. The van der Waals surface area contributed by atoms with Gasteiger partial charge in [-0.3, -0.25) is 4.79 Å². The summed E-state index contributed by atoms with van der Waals surface area (Å²) in [6.07, 6.45) is -4.46. The SMILES string of the molecule is CN(Cl)CC(=O)NC1(C(F)(F)F)CC1. The topological polar surface area (TPSA) is 32.3 Å². The van der Waals surface area contributed by atoms with E-state index >= 15 is 0 Å². The predicted octanol–water partition coefficient (Wildman–Crippen LogP) is 1.28. The van der Waals surface area contributed by atoms with Crippen molar-refractivity contribution in [1.82, 2.24) is 9.74 Å². The molecule has 0 radical (unpaired) electrons. The fourth-order valence-corrected chi connectivity index (χ4v) is 1.22. The Bertz CT molecular complexity index is 238. The maximum Gasteiger partial charge on any atom is 0.411 e. The third-order valence-corrected chi connectivity index (χ3v) is 2.15. The van der Waals surface area contributed by atoms with Gasteiger partial charge in [0.25, 0.3) is 0 Å². The smallest absolute Gasteiger partial charge is 0.341 e. The van der Waals surface area contributed by atoms with E-state index in [1.165, 1.54) is 7.05 Å². The first kappa shape index (κ1) is 11.6. The lowest BCUT2D eigenvalue weighted by molar-refractivity contribution is -0.170. The van der Waals surface area contributed by atoms with E-state index in [0.29, 0.717) is 0 Å². The zero-order chi connectivity index (χ0) is 11.0. The third-order valence-electron chi connectivity index (χ3n) is 2.03. The number of likely N-dealkylation sites (N-methyl/N-ethyl adjacent to an activating group) is 1. The van der Waals surface area contributed by atoms with Gasteiger partial charge in [-0.2, -0.15) is 13.2 Å². The van der Waals surface area contributed by atoms with Gasteiger partial charge in [0, 0.05) is 7.05 Å². The van der Waals surface area contributed by atoms with Crippen LogP contribution in [0.4, 0.5) is 13.2 Å². The second-order valence-corrected chi connectivity index (χ2v) is 3.97. The lowest BCUT2D eigenvalue weighted by atomic mass is 10.2. The Balaban J connectivity index is 2.49. The molecule has 0 aromatic carbocycles. The molecule has 1 saturated carbocycles. The number of nitrogens with zero attached hydrogens (tertiary/aromatic N) is 1. The minimum absolute atomic E-state index is 0.0474. The van der Waals surface area contributed by atoms with Crippen LogP contribution in [0.25, 0.3) is 0 Å². The van der Waals surface area contributed by atoms with E-state index in [2.05, 4.69) is 0 Å². The van der Waals surface area contributed by atoms with Crippen LogP contribution in [0.1, 0.15) is 12.8 Å². The average Bonchev–Trinajstić information content (AvgIpc) is 2.64. The van der Waals surface area contributed by atoms with Crippen molar-refractivity contribution in [2.24, 2.45) is 0 Å². The number of hydrogen-bond acceptors (Lipinski definition) is 2. The summed E-state index contributed by atoms with van der Waals surface area (Å²) in [6, 6.07) is 0. The Hall–Kier alpha value is -0.490. The van der Waals surface area contributed by atoms with Crippen LogP contribution in [0.15, 0.2) is 0 Å².